The van der Waals surface area contributed by atoms with E-state index in [4.69, 9.17) is 5.11 Å². The van der Waals surface area contributed by atoms with Crippen molar-refractivity contribution in [1.29, 1.82) is 0 Å². The molecule has 2 amide bonds. The maximum atomic E-state index is 11.6. The Kier molecular flexibility index (Phi) is 11.3. The number of aliphatic carboxylic acids is 1. The Bertz CT molecular complexity index is 290. The zero-order chi connectivity index (χ0) is 15.4. The van der Waals surface area contributed by atoms with Crippen LogP contribution >= 0.6 is 11.8 Å². The minimum Gasteiger partial charge on any atom is -0.480 e. The van der Waals surface area contributed by atoms with Crippen molar-refractivity contribution in [3.8, 4) is 0 Å². The Hall–Kier alpha value is -0.950. The lowest BCUT2D eigenvalue weighted by Gasteiger charge is -2.20. The van der Waals surface area contributed by atoms with Crippen molar-refractivity contribution in [2.24, 2.45) is 0 Å². The lowest BCUT2D eigenvalue weighted by Crippen LogP contribution is -2.47. The van der Waals surface area contributed by atoms with Crippen LogP contribution in [0, 0.1) is 0 Å². The first kappa shape index (κ1) is 19.1. The molecule has 0 aliphatic carbocycles. The summed E-state index contributed by atoms with van der Waals surface area (Å²) in [6.45, 7) is 7.45. The van der Waals surface area contributed by atoms with E-state index in [9.17, 15) is 9.59 Å². The fourth-order valence-corrected chi connectivity index (χ4v) is 2.25. The quantitative estimate of drug-likeness (QED) is 0.535. The van der Waals surface area contributed by atoms with Gasteiger partial charge in [-0.05, 0) is 37.9 Å². The highest BCUT2D eigenvalue weighted by molar-refractivity contribution is 7.98. The van der Waals surface area contributed by atoms with Crippen LogP contribution in [0.15, 0.2) is 0 Å². The Morgan fingerprint density at radius 3 is 2.50 bits per heavy atom. The summed E-state index contributed by atoms with van der Waals surface area (Å²) >= 11 is 1.56. The highest BCUT2D eigenvalue weighted by Crippen LogP contribution is 2.00. The van der Waals surface area contributed by atoms with Crippen LogP contribution in [0.4, 0.5) is 4.79 Å². The van der Waals surface area contributed by atoms with Gasteiger partial charge in [0.05, 0.1) is 0 Å². The zero-order valence-electron chi connectivity index (χ0n) is 12.6. The third kappa shape index (κ3) is 9.03. The Balaban J connectivity index is 3.97. The van der Waals surface area contributed by atoms with Gasteiger partial charge in [-0.25, -0.2) is 9.59 Å². The molecule has 7 heteroatoms. The van der Waals surface area contributed by atoms with Crippen molar-refractivity contribution in [3.05, 3.63) is 0 Å². The number of carbonyl (C=O) groups is 2. The van der Waals surface area contributed by atoms with E-state index in [1.54, 1.807) is 11.8 Å². The number of carbonyl (C=O) groups excluding carboxylic acids is 1. The summed E-state index contributed by atoms with van der Waals surface area (Å²) in [5.41, 5.74) is 0. The first-order valence-corrected chi connectivity index (χ1v) is 8.42. The molecule has 0 aromatic carbocycles. The number of nitrogens with zero attached hydrogens (tertiary/aromatic N) is 1. The monoisotopic (exact) mass is 305 g/mol. The average molecular weight is 305 g/mol. The molecule has 0 aliphatic rings. The van der Waals surface area contributed by atoms with Crippen LogP contribution < -0.4 is 10.6 Å². The standard InChI is InChI=1S/C13H27N3O3S/c1-4-8-16(5-2)9-7-14-13(19)15-11(12(17)18)6-10-20-3/h11H,4-10H2,1-3H3,(H,17,18)(H2,14,15,19)/t11-/m0/s1. The Morgan fingerprint density at radius 2 is 2.00 bits per heavy atom. The summed E-state index contributed by atoms with van der Waals surface area (Å²) in [6.07, 6.45) is 3.42. The molecule has 3 N–H and O–H groups in total. The number of thioether (sulfide) groups is 1. The fraction of sp³-hybridized carbons (Fsp3) is 0.846. The van der Waals surface area contributed by atoms with Crippen molar-refractivity contribution in [3.63, 3.8) is 0 Å². The van der Waals surface area contributed by atoms with Crippen molar-refractivity contribution in [2.75, 3.05) is 38.2 Å². The van der Waals surface area contributed by atoms with Crippen LogP contribution in [0.25, 0.3) is 0 Å². The number of carboxylic acid groups (broad SMARTS) is 1. The number of carboxylic acids is 1. The van der Waals surface area contributed by atoms with Crippen LogP contribution in [-0.4, -0.2) is 66.2 Å². The van der Waals surface area contributed by atoms with Crippen molar-refractivity contribution in [2.45, 2.75) is 32.7 Å². The molecule has 6 nitrogen and oxygen atoms in total. The summed E-state index contributed by atoms with van der Waals surface area (Å²) in [5.74, 6) is -0.285. The molecule has 0 unspecified atom stereocenters. The van der Waals surface area contributed by atoms with E-state index in [0.717, 1.165) is 26.1 Å². The van der Waals surface area contributed by atoms with Gasteiger partial charge < -0.3 is 20.6 Å². The number of nitrogens with one attached hydrogen (secondary N) is 2. The van der Waals surface area contributed by atoms with Gasteiger partial charge in [0.2, 0.25) is 0 Å². The second-order valence-electron chi connectivity index (χ2n) is 4.51. The van der Waals surface area contributed by atoms with Crippen molar-refractivity contribution < 1.29 is 14.7 Å². The predicted molar refractivity (Wildman–Crippen MR) is 83.4 cm³/mol. The minimum absolute atomic E-state index is 0.411. The number of amides is 2. The van der Waals surface area contributed by atoms with Crippen LogP contribution in [0.5, 0.6) is 0 Å². The van der Waals surface area contributed by atoms with Crippen LogP contribution in [0.3, 0.4) is 0 Å². The van der Waals surface area contributed by atoms with Crippen LogP contribution in [-0.2, 0) is 4.79 Å². The molecular formula is C13H27N3O3S. The van der Waals surface area contributed by atoms with Gasteiger partial charge >= 0.3 is 12.0 Å². The fourth-order valence-electron chi connectivity index (χ4n) is 1.77. The molecular weight excluding hydrogens is 278 g/mol. The van der Waals surface area contributed by atoms with Crippen LogP contribution in [0.1, 0.15) is 26.7 Å². The molecule has 20 heavy (non-hydrogen) atoms. The summed E-state index contributed by atoms with van der Waals surface area (Å²) in [6, 6.07) is -1.23. The largest absolute Gasteiger partial charge is 0.480 e. The van der Waals surface area contributed by atoms with Gasteiger partial charge in [-0.3, -0.25) is 0 Å². The molecule has 0 radical (unpaired) electrons. The molecule has 0 rings (SSSR count). The summed E-state index contributed by atoms with van der Waals surface area (Å²) in [7, 11) is 0. The molecule has 0 aromatic heterocycles. The molecule has 0 saturated carbocycles. The van der Waals surface area contributed by atoms with Gasteiger partial charge in [-0.15, -0.1) is 0 Å². The third-order valence-electron chi connectivity index (χ3n) is 2.91. The molecule has 1 atom stereocenters. The van der Waals surface area contributed by atoms with Crippen LogP contribution in [0.2, 0.25) is 0 Å². The second-order valence-corrected chi connectivity index (χ2v) is 5.49. The average Bonchev–Trinajstić information content (AvgIpc) is 2.42. The normalized spacial score (nSPS) is 12.2. The molecule has 0 bridgehead atoms. The molecule has 0 aromatic rings. The summed E-state index contributed by atoms with van der Waals surface area (Å²) < 4.78 is 0. The third-order valence-corrected chi connectivity index (χ3v) is 3.56. The van der Waals surface area contributed by atoms with E-state index in [1.807, 2.05) is 6.26 Å². The second kappa shape index (κ2) is 11.8. The topological polar surface area (TPSA) is 81.7 Å². The summed E-state index contributed by atoms with van der Waals surface area (Å²) in [5, 5.41) is 14.2. The van der Waals surface area contributed by atoms with Gasteiger partial charge in [0.15, 0.2) is 0 Å². The molecule has 0 spiro atoms. The van der Waals surface area contributed by atoms with E-state index >= 15 is 0 Å². The summed E-state index contributed by atoms with van der Waals surface area (Å²) in [4.78, 5) is 24.9. The highest BCUT2D eigenvalue weighted by Gasteiger charge is 2.18. The van der Waals surface area contributed by atoms with Gasteiger partial charge in [-0.1, -0.05) is 13.8 Å². The zero-order valence-corrected chi connectivity index (χ0v) is 13.5. The molecule has 118 valence electrons. The van der Waals surface area contributed by atoms with Crippen molar-refractivity contribution in [1.82, 2.24) is 15.5 Å². The van der Waals surface area contributed by atoms with E-state index in [0.29, 0.717) is 18.7 Å². The van der Waals surface area contributed by atoms with Gasteiger partial charge in [0.25, 0.3) is 0 Å². The lowest BCUT2D eigenvalue weighted by molar-refractivity contribution is -0.139. The van der Waals surface area contributed by atoms with Gasteiger partial charge in [0.1, 0.15) is 6.04 Å². The predicted octanol–water partition coefficient (Wildman–Crippen LogP) is 1.22. The number of hydrogen-bond acceptors (Lipinski definition) is 4. The Morgan fingerprint density at radius 1 is 1.30 bits per heavy atom. The maximum absolute atomic E-state index is 11.6. The minimum atomic E-state index is -0.990. The first-order chi connectivity index (χ1) is 9.54. The molecule has 0 heterocycles. The van der Waals surface area contributed by atoms with E-state index in [1.165, 1.54) is 0 Å². The van der Waals surface area contributed by atoms with E-state index in [2.05, 4.69) is 29.4 Å². The van der Waals surface area contributed by atoms with Gasteiger partial charge in [-0.2, -0.15) is 11.8 Å². The lowest BCUT2D eigenvalue weighted by atomic mass is 10.2. The maximum Gasteiger partial charge on any atom is 0.326 e. The smallest absolute Gasteiger partial charge is 0.326 e. The molecule has 0 aliphatic heterocycles. The number of rotatable bonds is 11. The van der Waals surface area contributed by atoms with E-state index < -0.39 is 18.0 Å². The number of hydrogen-bond donors (Lipinski definition) is 3. The highest BCUT2D eigenvalue weighted by atomic mass is 32.2. The first-order valence-electron chi connectivity index (χ1n) is 7.03. The van der Waals surface area contributed by atoms with Gasteiger partial charge in [0, 0.05) is 13.1 Å². The van der Waals surface area contributed by atoms with E-state index in [-0.39, 0.29) is 0 Å². The number of urea groups is 1. The molecule has 0 saturated heterocycles. The SMILES string of the molecule is CCCN(CC)CCNC(=O)N[C@@H](CCSC)C(=O)O. The number of likely N-dealkylation sites (N-methyl/N-ethyl adjacent to an activating group) is 1. The Labute approximate surface area is 125 Å². The van der Waals surface area contributed by atoms with Crippen molar-refractivity contribution >= 4 is 23.8 Å². The molecule has 0 fully saturated rings.